The molecule has 0 fully saturated rings. The highest BCUT2D eigenvalue weighted by Crippen LogP contribution is 2.24. The first-order valence-electron chi connectivity index (χ1n) is 5.27. The molecule has 0 amide bonds. The lowest BCUT2D eigenvalue weighted by atomic mass is 9.98. The summed E-state index contributed by atoms with van der Waals surface area (Å²) in [6.45, 7) is 3.98. The summed E-state index contributed by atoms with van der Waals surface area (Å²) in [4.78, 5) is 11.2. The first-order valence-corrected chi connectivity index (χ1v) is 5.27. The third-order valence-corrected chi connectivity index (χ3v) is 2.81. The summed E-state index contributed by atoms with van der Waals surface area (Å²) >= 11 is 0. The lowest BCUT2D eigenvalue weighted by molar-refractivity contribution is 0.300. The van der Waals surface area contributed by atoms with Crippen LogP contribution in [0.3, 0.4) is 0 Å². The summed E-state index contributed by atoms with van der Waals surface area (Å²) in [5, 5.41) is 10.0. The lowest BCUT2D eigenvalue weighted by Gasteiger charge is -2.09. The Kier molecular flexibility index (Phi) is 2.79. The van der Waals surface area contributed by atoms with Crippen molar-refractivity contribution < 1.29 is 9.52 Å². The zero-order chi connectivity index (χ0) is 11.7. The van der Waals surface area contributed by atoms with E-state index in [2.05, 4.69) is 0 Å². The van der Waals surface area contributed by atoms with Crippen LogP contribution < -0.4 is 5.63 Å². The number of aliphatic hydroxyl groups excluding tert-OH is 1. The molecule has 3 nitrogen and oxygen atoms in total. The minimum atomic E-state index is -0.330. The van der Waals surface area contributed by atoms with Gasteiger partial charge in [-0.2, -0.15) is 0 Å². The van der Waals surface area contributed by atoms with E-state index in [1.807, 2.05) is 19.9 Å². The molecule has 0 atom stereocenters. The summed E-state index contributed by atoms with van der Waals surface area (Å²) < 4.78 is 5.15. The van der Waals surface area contributed by atoms with Gasteiger partial charge in [0, 0.05) is 18.1 Å². The standard InChI is InChI=1S/C13H14O3/c1-8-3-4-11-13(10(8)5-6-14)9(2)7-12(15)16-11/h3-4,7,14H,5-6H2,1-2H3. The molecule has 0 unspecified atom stereocenters. The summed E-state index contributed by atoms with van der Waals surface area (Å²) in [5.41, 5.74) is 3.33. The van der Waals surface area contributed by atoms with Gasteiger partial charge < -0.3 is 9.52 Å². The summed E-state index contributed by atoms with van der Waals surface area (Å²) in [5.74, 6) is 0. The Hall–Kier alpha value is -1.61. The van der Waals surface area contributed by atoms with Crippen molar-refractivity contribution in [1.82, 2.24) is 0 Å². The van der Waals surface area contributed by atoms with Gasteiger partial charge >= 0.3 is 5.63 Å². The van der Waals surface area contributed by atoms with Gasteiger partial charge in [0.2, 0.25) is 0 Å². The molecule has 0 spiro atoms. The summed E-state index contributed by atoms with van der Waals surface area (Å²) in [6.07, 6.45) is 0.581. The van der Waals surface area contributed by atoms with E-state index in [4.69, 9.17) is 9.52 Å². The van der Waals surface area contributed by atoms with Gasteiger partial charge in [0.15, 0.2) is 0 Å². The van der Waals surface area contributed by atoms with E-state index in [1.165, 1.54) is 6.07 Å². The van der Waals surface area contributed by atoms with Crippen LogP contribution in [0.1, 0.15) is 16.7 Å². The molecule has 1 N–H and O–H groups in total. The van der Waals surface area contributed by atoms with Crippen molar-refractivity contribution in [3.8, 4) is 0 Å². The van der Waals surface area contributed by atoms with Crippen LogP contribution in [0.4, 0.5) is 0 Å². The first-order chi connectivity index (χ1) is 7.63. The largest absolute Gasteiger partial charge is 0.423 e. The van der Waals surface area contributed by atoms with Gasteiger partial charge in [-0.05, 0) is 43.0 Å². The summed E-state index contributed by atoms with van der Waals surface area (Å²) in [6, 6.07) is 5.21. The Morgan fingerprint density at radius 3 is 2.69 bits per heavy atom. The Morgan fingerprint density at radius 2 is 2.00 bits per heavy atom. The number of rotatable bonds is 2. The molecule has 84 valence electrons. The van der Waals surface area contributed by atoms with Gasteiger partial charge in [-0.1, -0.05) is 6.07 Å². The predicted octanol–water partition coefficient (Wildman–Crippen LogP) is 1.94. The van der Waals surface area contributed by atoms with Gasteiger partial charge in [0.25, 0.3) is 0 Å². The normalized spacial score (nSPS) is 10.9. The van der Waals surface area contributed by atoms with Crippen molar-refractivity contribution in [2.24, 2.45) is 0 Å². The molecule has 0 radical (unpaired) electrons. The molecule has 0 aliphatic rings. The number of fused-ring (bicyclic) bond motifs is 1. The second-order valence-electron chi connectivity index (χ2n) is 3.96. The fourth-order valence-corrected chi connectivity index (χ4v) is 2.07. The van der Waals surface area contributed by atoms with E-state index in [0.717, 1.165) is 22.1 Å². The zero-order valence-corrected chi connectivity index (χ0v) is 9.41. The quantitative estimate of drug-likeness (QED) is 0.784. The van der Waals surface area contributed by atoms with E-state index in [9.17, 15) is 4.79 Å². The zero-order valence-electron chi connectivity index (χ0n) is 9.41. The Labute approximate surface area is 93.3 Å². The van der Waals surface area contributed by atoms with Crippen molar-refractivity contribution in [3.05, 3.63) is 45.3 Å². The van der Waals surface area contributed by atoms with E-state index in [-0.39, 0.29) is 12.2 Å². The number of hydrogen-bond donors (Lipinski definition) is 1. The Bertz CT molecular complexity index is 581. The molecule has 0 bridgehead atoms. The number of hydrogen-bond acceptors (Lipinski definition) is 3. The smallest absolute Gasteiger partial charge is 0.336 e. The van der Waals surface area contributed by atoms with E-state index in [1.54, 1.807) is 6.07 Å². The van der Waals surface area contributed by atoms with Crippen LogP contribution in [-0.4, -0.2) is 11.7 Å². The third-order valence-electron chi connectivity index (χ3n) is 2.81. The molecular formula is C13H14O3. The molecule has 2 aromatic rings. The maximum atomic E-state index is 11.2. The van der Waals surface area contributed by atoms with Crippen molar-refractivity contribution in [2.45, 2.75) is 20.3 Å². The second-order valence-corrected chi connectivity index (χ2v) is 3.96. The van der Waals surface area contributed by atoms with Crippen molar-refractivity contribution in [2.75, 3.05) is 6.61 Å². The van der Waals surface area contributed by atoms with Crippen molar-refractivity contribution in [1.29, 1.82) is 0 Å². The minimum absolute atomic E-state index is 0.0958. The second kappa shape index (κ2) is 4.10. The molecule has 1 heterocycles. The lowest BCUT2D eigenvalue weighted by Crippen LogP contribution is -2.02. The summed E-state index contributed by atoms with van der Waals surface area (Å²) in [7, 11) is 0. The predicted molar refractivity (Wildman–Crippen MR) is 62.7 cm³/mol. The van der Waals surface area contributed by atoms with E-state index >= 15 is 0 Å². The average Bonchev–Trinajstić information content (AvgIpc) is 2.22. The monoisotopic (exact) mass is 218 g/mol. The Balaban J connectivity index is 2.86. The van der Waals surface area contributed by atoms with Crippen LogP contribution in [0, 0.1) is 13.8 Å². The molecule has 1 aromatic heterocycles. The molecule has 2 rings (SSSR count). The van der Waals surface area contributed by atoms with Gasteiger partial charge in [0.1, 0.15) is 5.58 Å². The van der Waals surface area contributed by atoms with Crippen LogP contribution in [0.5, 0.6) is 0 Å². The fourth-order valence-electron chi connectivity index (χ4n) is 2.07. The molecule has 0 saturated carbocycles. The fraction of sp³-hybridized carbons (Fsp3) is 0.308. The maximum Gasteiger partial charge on any atom is 0.336 e. The molecule has 3 heteroatoms. The van der Waals surface area contributed by atoms with Crippen LogP contribution in [-0.2, 0) is 6.42 Å². The number of aliphatic hydroxyl groups is 1. The highest BCUT2D eigenvalue weighted by Gasteiger charge is 2.09. The molecule has 0 saturated heterocycles. The van der Waals surface area contributed by atoms with Crippen LogP contribution in [0.2, 0.25) is 0 Å². The van der Waals surface area contributed by atoms with Gasteiger partial charge in [0.05, 0.1) is 0 Å². The Morgan fingerprint density at radius 1 is 1.25 bits per heavy atom. The molecule has 0 aliphatic carbocycles. The van der Waals surface area contributed by atoms with Crippen molar-refractivity contribution >= 4 is 11.0 Å². The molecule has 16 heavy (non-hydrogen) atoms. The van der Waals surface area contributed by atoms with Crippen LogP contribution >= 0.6 is 0 Å². The van der Waals surface area contributed by atoms with Gasteiger partial charge in [-0.25, -0.2) is 4.79 Å². The molecule has 1 aromatic carbocycles. The SMILES string of the molecule is Cc1ccc2oc(=O)cc(C)c2c1CCO. The van der Waals surface area contributed by atoms with Crippen molar-refractivity contribution in [3.63, 3.8) is 0 Å². The number of aryl methyl sites for hydroxylation is 2. The minimum Gasteiger partial charge on any atom is -0.423 e. The average molecular weight is 218 g/mol. The topological polar surface area (TPSA) is 50.4 Å². The van der Waals surface area contributed by atoms with Crippen LogP contribution in [0.15, 0.2) is 27.4 Å². The van der Waals surface area contributed by atoms with E-state index in [0.29, 0.717) is 12.0 Å². The molecule has 0 aliphatic heterocycles. The highest BCUT2D eigenvalue weighted by molar-refractivity contribution is 5.84. The van der Waals surface area contributed by atoms with Gasteiger partial charge in [-0.15, -0.1) is 0 Å². The maximum absolute atomic E-state index is 11.2. The first kappa shape index (κ1) is 10.9. The highest BCUT2D eigenvalue weighted by atomic mass is 16.4. The van der Waals surface area contributed by atoms with Gasteiger partial charge in [-0.3, -0.25) is 0 Å². The third kappa shape index (κ3) is 1.74. The van der Waals surface area contributed by atoms with E-state index < -0.39 is 0 Å². The molecular weight excluding hydrogens is 204 g/mol. The number of benzene rings is 1. The van der Waals surface area contributed by atoms with Crippen LogP contribution in [0.25, 0.3) is 11.0 Å².